The number of hydrogen-bond acceptors (Lipinski definition) is 6. The molecule has 0 aliphatic heterocycles. The Labute approximate surface area is 192 Å². The number of nitrogens with zero attached hydrogens (tertiary/aromatic N) is 2. The van der Waals surface area contributed by atoms with Crippen LogP contribution < -0.4 is 10.1 Å². The molecule has 0 spiro atoms. The minimum Gasteiger partial charge on any atom is -0.457 e. The predicted molar refractivity (Wildman–Crippen MR) is 127 cm³/mol. The van der Waals surface area contributed by atoms with Gasteiger partial charge in [-0.1, -0.05) is 0 Å². The Morgan fingerprint density at radius 1 is 1.19 bits per heavy atom. The summed E-state index contributed by atoms with van der Waals surface area (Å²) >= 11 is 1.43. The Balaban J connectivity index is 1.56. The van der Waals surface area contributed by atoms with Crippen molar-refractivity contribution in [3.8, 4) is 11.5 Å². The van der Waals surface area contributed by atoms with Crippen LogP contribution in [0.4, 0.5) is 10.7 Å². The molecule has 0 bridgehead atoms. The number of benzene rings is 2. The molecule has 1 amide bonds. The Hall–Kier alpha value is -3.19. The number of rotatable bonds is 7. The third-order valence-corrected chi connectivity index (χ3v) is 6.34. The second-order valence-electron chi connectivity index (χ2n) is 8.46. The molecule has 3 aromatic rings. The first kappa shape index (κ1) is 22.0. The van der Waals surface area contributed by atoms with E-state index in [4.69, 9.17) is 4.74 Å². The summed E-state index contributed by atoms with van der Waals surface area (Å²) in [5, 5.41) is 4.40. The number of aryl methyl sites for hydroxylation is 1. The topological polar surface area (TPSA) is 71.5 Å². The van der Waals surface area contributed by atoms with Gasteiger partial charge in [-0.15, -0.1) is 0 Å². The molecule has 1 atom stereocenters. The number of anilines is 2. The number of ketones is 1. The van der Waals surface area contributed by atoms with E-state index in [1.54, 1.807) is 31.1 Å². The van der Waals surface area contributed by atoms with Crippen LogP contribution in [0.5, 0.6) is 11.5 Å². The van der Waals surface area contributed by atoms with E-state index in [-0.39, 0.29) is 5.91 Å². The fourth-order valence-corrected chi connectivity index (χ4v) is 4.59. The van der Waals surface area contributed by atoms with Crippen molar-refractivity contribution < 1.29 is 14.3 Å². The summed E-state index contributed by atoms with van der Waals surface area (Å²) in [6.07, 6.45) is 3.01. The van der Waals surface area contributed by atoms with Gasteiger partial charge in [0.05, 0.1) is 5.69 Å². The molecule has 7 heteroatoms. The molecule has 1 aliphatic carbocycles. The maximum absolute atomic E-state index is 12.1. The van der Waals surface area contributed by atoms with Crippen LogP contribution in [0, 0.1) is 12.8 Å². The molecule has 1 saturated carbocycles. The van der Waals surface area contributed by atoms with Gasteiger partial charge in [0, 0.05) is 38.2 Å². The van der Waals surface area contributed by atoms with E-state index in [1.165, 1.54) is 11.5 Å². The Morgan fingerprint density at radius 2 is 1.97 bits per heavy atom. The molecule has 1 aliphatic rings. The summed E-state index contributed by atoms with van der Waals surface area (Å²) in [7, 11) is 3.46. The predicted octanol–water partition coefficient (Wildman–Crippen LogP) is 5.60. The summed E-state index contributed by atoms with van der Waals surface area (Å²) in [6, 6.07) is 15.2. The number of amides is 1. The molecule has 4 rings (SSSR count). The van der Waals surface area contributed by atoms with Gasteiger partial charge in [-0.05, 0) is 91.3 Å². The standard InChI is InChI=1S/C25H27N3O3S/c1-16-12-24(32-27-16)26-20-7-11-23(19(15-20)13-17-4-8-21(29)14-17)31-22-9-5-18(6-10-22)25(30)28(2)3/h5-7,9-12,15,17,26H,4,8,13-14H2,1-3H3. The van der Waals surface area contributed by atoms with Crippen LogP contribution in [-0.2, 0) is 11.2 Å². The monoisotopic (exact) mass is 449 g/mol. The second kappa shape index (κ2) is 9.53. The molecule has 32 heavy (non-hydrogen) atoms. The average molecular weight is 450 g/mol. The Bertz CT molecular complexity index is 1120. The molecular weight excluding hydrogens is 422 g/mol. The minimum absolute atomic E-state index is 0.0446. The van der Waals surface area contributed by atoms with Crippen LogP contribution in [-0.4, -0.2) is 35.1 Å². The van der Waals surface area contributed by atoms with Crippen LogP contribution in [0.25, 0.3) is 0 Å². The van der Waals surface area contributed by atoms with Crippen molar-refractivity contribution in [3.63, 3.8) is 0 Å². The highest BCUT2D eigenvalue weighted by Gasteiger charge is 2.24. The summed E-state index contributed by atoms with van der Waals surface area (Å²) < 4.78 is 10.5. The lowest BCUT2D eigenvalue weighted by Gasteiger charge is -2.16. The third-order valence-electron chi connectivity index (χ3n) is 5.55. The molecule has 1 heterocycles. The molecule has 0 radical (unpaired) electrons. The minimum atomic E-state index is -0.0446. The summed E-state index contributed by atoms with van der Waals surface area (Å²) in [6.45, 7) is 1.97. The molecule has 2 aromatic carbocycles. The van der Waals surface area contributed by atoms with Gasteiger partial charge >= 0.3 is 0 Å². The van der Waals surface area contributed by atoms with E-state index in [0.717, 1.165) is 40.5 Å². The quantitative estimate of drug-likeness (QED) is 0.508. The number of hydrogen-bond donors (Lipinski definition) is 1. The van der Waals surface area contributed by atoms with Crippen molar-refractivity contribution in [2.24, 2.45) is 5.92 Å². The van der Waals surface area contributed by atoms with E-state index < -0.39 is 0 Å². The van der Waals surface area contributed by atoms with Crippen molar-refractivity contribution >= 4 is 33.9 Å². The van der Waals surface area contributed by atoms with E-state index >= 15 is 0 Å². The fraction of sp³-hybridized carbons (Fsp3) is 0.320. The Kier molecular flexibility index (Phi) is 6.55. The summed E-state index contributed by atoms with van der Waals surface area (Å²) in [5.41, 5.74) is 3.63. The molecule has 1 unspecified atom stereocenters. The number of carbonyl (C=O) groups is 2. The van der Waals surface area contributed by atoms with Gasteiger partial charge in [0.2, 0.25) is 0 Å². The summed E-state index contributed by atoms with van der Waals surface area (Å²) in [5.74, 6) is 2.07. The first-order valence-corrected chi connectivity index (χ1v) is 11.5. The molecular formula is C25H27N3O3S. The van der Waals surface area contributed by atoms with E-state index in [9.17, 15) is 9.59 Å². The van der Waals surface area contributed by atoms with Crippen LogP contribution in [0.3, 0.4) is 0 Å². The Morgan fingerprint density at radius 3 is 2.59 bits per heavy atom. The fourth-order valence-electron chi connectivity index (χ4n) is 3.91. The zero-order chi connectivity index (χ0) is 22.7. The average Bonchev–Trinajstić information content (AvgIpc) is 3.37. The second-order valence-corrected chi connectivity index (χ2v) is 9.26. The van der Waals surface area contributed by atoms with Crippen LogP contribution in [0.1, 0.15) is 40.9 Å². The largest absolute Gasteiger partial charge is 0.457 e. The SMILES string of the molecule is Cc1cc(Nc2ccc(Oc3ccc(C(=O)N(C)C)cc3)c(CC3CCC(=O)C3)c2)sn1. The lowest BCUT2D eigenvalue weighted by molar-refractivity contribution is -0.117. The van der Waals surface area contributed by atoms with Gasteiger partial charge < -0.3 is 15.0 Å². The highest BCUT2D eigenvalue weighted by Crippen LogP contribution is 2.35. The van der Waals surface area contributed by atoms with Gasteiger partial charge in [-0.3, -0.25) is 9.59 Å². The molecule has 6 nitrogen and oxygen atoms in total. The highest BCUT2D eigenvalue weighted by atomic mass is 32.1. The highest BCUT2D eigenvalue weighted by molar-refractivity contribution is 7.10. The van der Waals surface area contributed by atoms with Crippen molar-refractivity contribution in [3.05, 3.63) is 65.4 Å². The van der Waals surface area contributed by atoms with Gasteiger partial charge in [-0.2, -0.15) is 4.37 Å². The smallest absolute Gasteiger partial charge is 0.253 e. The van der Waals surface area contributed by atoms with Crippen molar-refractivity contribution in [1.82, 2.24) is 9.27 Å². The van der Waals surface area contributed by atoms with E-state index in [0.29, 0.717) is 35.9 Å². The molecule has 166 valence electrons. The zero-order valence-corrected chi connectivity index (χ0v) is 19.4. The zero-order valence-electron chi connectivity index (χ0n) is 18.6. The van der Waals surface area contributed by atoms with Gasteiger partial charge in [-0.25, -0.2) is 0 Å². The lowest BCUT2D eigenvalue weighted by atomic mass is 9.97. The van der Waals surface area contributed by atoms with E-state index in [1.807, 2.05) is 37.3 Å². The van der Waals surface area contributed by atoms with Crippen LogP contribution >= 0.6 is 11.5 Å². The number of nitrogens with one attached hydrogen (secondary N) is 1. The molecule has 1 aromatic heterocycles. The molecule has 1 N–H and O–H groups in total. The number of Topliss-reactive ketones (excluding diaryl/α,β-unsaturated/α-hetero) is 1. The third kappa shape index (κ3) is 5.34. The van der Waals surface area contributed by atoms with Gasteiger partial charge in [0.25, 0.3) is 5.91 Å². The van der Waals surface area contributed by atoms with E-state index in [2.05, 4.69) is 15.8 Å². The number of aromatic nitrogens is 1. The van der Waals surface area contributed by atoms with Crippen LogP contribution in [0.2, 0.25) is 0 Å². The maximum Gasteiger partial charge on any atom is 0.253 e. The van der Waals surface area contributed by atoms with Gasteiger partial charge in [0.1, 0.15) is 22.3 Å². The maximum atomic E-state index is 12.1. The van der Waals surface area contributed by atoms with Crippen molar-refractivity contribution in [2.75, 3.05) is 19.4 Å². The van der Waals surface area contributed by atoms with Crippen molar-refractivity contribution in [2.45, 2.75) is 32.6 Å². The summed E-state index contributed by atoms with van der Waals surface area (Å²) in [4.78, 5) is 25.5. The molecule has 1 fully saturated rings. The number of ether oxygens (including phenoxy) is 1. The lowest BCUT2D eigenvalue weighted by Crippen LogP contribution is -2.21. The first-order chi connectivity index (χ1) is 15.4. The van der Waals surface area contributed by atoms with Crippen molar-refractivity contribution in [1.29, 1.82) is 0 Å². The number of carbonyl (C=O) groups excluding carboxylic acids is 2. The first-order valence-electron chi connectivity index (χ1n) is 10.7. The van der Waals surface area contributed by atoms with Crippen LogP contribution in [0.15, 0.2) is 48.5 Å². The molecule has 0 saturated heterocycles. The normalized spacial score (nSPS) is 15.6. The van der Waals surface area contributed by atoms with Gasteiger partial charge in [0.15, 0.2) is 0 Å².